The van der Waals surface area contributed by atoms with Gasteiger partial charge >= 0.3 is 0 Å². The third-order valence-electron chi connectivity index (χ3n) is 4.07. The first kappa shape index (κ1) is 19.1. The fourth-order valence-electron chi connectivity index (χ4n) is 2.67. The van der Waals surface area contributed by atoms with Crippen LogP contribution in [0.5, 0.6) is 11.6 Å². The minimum absolute atomic E-state index is 0.0943. The van der Waals surface area contributed by atoms with Gasteiger partial charge in [0.2, 0.25) is 5.88 Å². The van der Waals surface area contributed by atoms with Gasteiger partial charge in [0.15, 0.2) is 16.7 Å². The van der Waals surface area contributed by atoms with Gasteiger partial charge in [0, 0.05) is 23.4 Å². The highest BCUT2D eigenvalue weighted by atomic mass is 32.2. The summed E-state index contributed by atoms with van der Waals surface area (Å²) in [6, 6.07) is 24.4. The third-order valence-corrected chi connectivity index (χ3v) is 4.99. The molecule has 0 bridgehead atoms. The van der Waals surface area contributed by atoms with E-state index in [1.54, 1.807) is 6.07 Å². The number of hydrogen-bond acceptors (Lipinski definition) is 4. The first-order chi connectivity index (χ1) is 14.2. The van der Waals surface area contributed by atoms with Gasteiger partial charge in [-0.1, -0.05) is 72.4 Å². The van der Waals surface area contributed by atoms with Crippen LogP contribution in [0.4, 0.5) is 8.78 Å². The molecule has 0 saturated heterocycles. The highest BCUT2D eigenvalue weighted by Gasteiger charge is 2.12. The summed E-state index contributed by atoms with van der Waals surface area (Å²) in [4.78, 5) is 9.02. The molecule has 0 spiro atoms. The van der Waals surface area contributed by atoms with Crippen molar-refractivity contribution in [3.05, 3.63) is 102 Å². The van der Waals surface area contributed by atoms with Crippen LogP contribution >= 0.6 is 11.8 Å². The van der Waals surface area contributed by atoms with Crippen LogP contribution in [0.1, 0.15) is 5.56 Å². The molecule has 6 heteroatoms. The monoisotopic (exact) mass is 406 g/mol. The van der Waals surface area contributed by atoms with Crippen LogP contribution in [0.2, 0.25) is 0 Å². The van der Waals surface area contributed by atoms with Crippen molar-refractivity contribution in [2.75, 3.05) is 0 Å². The van der Waals surface area contributed by atoms with E-state index in [9.17, 15) is 8.78 Å². The number of benzene rings is 3. The Hall–Kier alpha value is -3.25. The maximum atomic E-state index is 14.0. The van der Waals surface area contributed by atoms with Gasteiger partial charge in [0.05, 0.1) is 5.69 Å². The summed E-state index contributed by atoms with van der Waals surface area (Å²) in [6.07, 6.45) is 0. The third kappa shape index (κ3) is 4.97. The second-order valence-corrected chi connectivity index (χ2v) is 7.13. The molecule has 0 unspecified atom stereocenters. The lowest BCUT2D eigenvalue weighted by Crippen LogP contribution is -1.97. The van der Waals surface area contributed by atoms with Crippen LogP contribution < -0.4 is 4.74 Å². The predicted octanol–water partition coefficient (Wildman–Crippen LogP) is 6.51. The number of halogens is 2. The summed E-state index contributed by atoms with van der Waals surface area (Å²) in [6.45, 7) is 0. The highest BCUT2D eigenvalue weighted by molar-refractivity contribution is 7.98. The van der Waals surface area contributed by atoms with Gasteiger partial charge in [-0.05, 0) is 17.7 Å². The standard InChI is InChI=1S/C23H16F2N2OS/c24-18-11-12-21(19(25)13-18)28-22-14-20(17-9-5-2-6-10-17)26-23(27-22)29-15-16-7-3-1-4-8-16/h1-14H,15H2. The molecule has 0 amide bonds. The summed E-state index contributed by atoms with van der Waals surface area (Å²) in [5, 5.41) is 0.507. The number of ether oxygens (including phenoxy) is 1. The second-order valence-electron chi connectivity index (χ2n) is 6.19. The summed E-state index contributed by atoms with van der Waals surface area (Å²) < 4.78 is 32.8. The molecular weight excluding hydrogens is 390 g/mol. The number of aromatic nitrogens is 2. The molecule has 0 saturated carbocycles. The van der Waals surface area contributed by atoms with Crippen molar-refractivity contribution < 1.29 is 13.5 Å². The zero-order valence-corrected chi connectivity index (χ0v) is 16.1. The van der Waals surface area contributed by atoms with Crippen LogP contribution in [-0.4, -0.2) is 9.97 Å². The molecule has 29 heavy (non-hydrogen) atoms. The lowest BCUT2D eigenvalue weighted by molar-refractivity contribution is 0.419. The van der Waals surface area contributed by atoms with E-state index in [2.05, 4.69) is 9.97 Å². The Morgan fingerprint density at radius 2 is 1.52 bits per heavy atom. The zero-order chi connectivity index (χ0) is 20.1. The van der Waals surface area contributed by atoms with E-state index in [-0.39, 0.29) is 11.6 Å². The predicted molar refractivity (Wildman–Crippen MR) is 110 cm³/mol. The van der Waals surface area contributed by atoms with E-state index in [1.807, 2.05) is 60.7 Å². The molecule has 0 aliphatic heterocycles. The van der Waals surface area contributed by atoms with Crippen molar-refractivity contribution in [1.29, 1.82) is 0 Å². The van der Waals surface area contributed by atoms with Gasteiger partial charge in [-0.25, -0.2) is 13.8 Å². The normalized spacial score (nSPS) is 10.7. The minimum atomic E-state index is -0.789. The molecule has 4 aromatic rings. The van der Waals surface area contributed by atoms with Crippen LogP contribution in [0.25, 0.3) is 11.3 Å². The fourth-order valence-corrected chi connectivity index (χ4v) is 3.48. The van der Waals surface area contributed by atoms with Crippen LogP contribution in [0.15, 0.2) is 90.1 Å². The Morgan fingerprint density at radius 3 is 2.24 bits per heavy atom. The zero-order valence-electron chi connectivity index (χ0n) is 15.3. The van der Waals surface area contributed by atoms with E-state index in [4.69, 9.17) is 4.74 Å². The van der Waals surface area contributed by atoms with Gasteiger partial charge in [0.25, 0.3) is 0 Å². The average molecular weight is 406 g/mol. The molecule has 0 aliphatic carbocycles. The van der Waals surface area contributed by atoms with E-state index >= 15 is 0 Å². The smallest absolute Gasteiger partial charge is 0.224 e. The number of hydrogen-bond donors (Lipinski definition) is 0. The summed E-state index contributed by atoms with van der Waals surface area (Å²) >= 11 is 1.46. The van der Waals surface area contributed by atoms with Crippen molar-refractivity contribution >= 4 is 11.8 Å². The molecule has 3 nitrogen and oxygen atoms in total. The summed E-state index contributed by atoms with van der Waals surface area (Å²) in [5.74, 6) is -0.670. The van der Waals surface area contributed by atoms with E-state index in [0.29, 0.717) is 16.6 Å². The Bertz CT molecular complexity index is 1110. The topological polar surface area (TPSA) is 35.0 Å². The number of nitrogens with zero attached hydrogens (tertiary/aromatic N) is 2. The van der Waals surface area contributed by atoms with E-state index in [0.717, 1.165) is 23.3 Å². The molecule has 1 heterocycles. The lowest BCUT2D eigenvalue weighted by Gasteiger charge is -2.10. The maximum absolute atomic E-state index is 14.0. The van der Waals surface area contributed by atoms with Gasteiger partial charge in [-0.3, -0.25) is 0 Å². The van der Waals surface area contributed by atoms with Gasteiger partial charge < -0.3 is 4.74 Å². The maximum Gasteiger partial charge on any atom is 0.224 e. The lowest BCUT2D eigenvalue weighted by atomic mass is 10.1. The van der Waals surface area contributed by atoms with Crippen LogP contribution in [-0.2, 0) is 5.75 Å². The molecule has 0 atom stereocenters. The minimum Gasteiger partial charge on any atom is -0.436 e. The molecule has 0 N–H and O–H groups in total. The summed E-state index contributed by atoms with van der Waals surface area (Å²) in [5.41, 5.74) is 2.69. The highest BCUT2D eigenvalue weighted by Crippen LogP contribution is 2.30. The molecule has 1 aromatic heterocycles. The first-order valence-electron chi connectivity index (χ1n) is 8.91. The van der Waals surface area contributed by atoms with Gasteiger partial charge in [-0.15, -0.1) is 0 Å². The quantitative estimate of drug-likeness (QED) is 0.270. The Balaban J connectivity index is 1.66. The van der Waals surface area contributed by atoms with Crippen LogP contribution in [0, 0.1) is 11.6 Å². The van der Waals surface area contributed by atoms with Gasteiger partial charge in [-0.2, -0.15) is 4.98 Å². The Morgan fingerprint density at radius 1 is 0.793 bits per heavy atom. The molecule has 0 radical (unpaired) electrons. The van der Waals surface area contributed by atoms with Gasteiger partial charge in [0.1, 0.15) is 5.82 Å². The van der Waals surface area contributed by atoms with Crippen LogP contribution in [0.3, 0.4) is 0 Å². The molecule has 4 rings (SSSR count). The molecule has 0 fully saturated rings. The average Bonchev–Trinajstić information content (AvgIpc) is 2.75. The summed E-state index contributed by atoms with van der Waals surface area (Å²) in [7, 11) is 0. The molecular formula is C23H16F2N2OS. The number of thioether (sulfide) groups is 1. The van der Waals surface area contributed by atoms with Crippen molar-refractivity contribution in [3.8, 4) is 22.9 Å². The molecule has 0 aliphatic rings. The number of rotatable bonds is 6. The van der Waals surface area contributed by atoms with E-state index < -0.39 is 11.6 Å². The van der Waals surface area contributed by atoms with Crippen molar-refractivity contribution in [1.82, 2.24) is 9.97 Å². The molecule has 3 aromatic carbocycles. The molecule has 144 valence electrons. The fraction of sp³-hybridized carbons (Fsp3) is 0.0435. The van der Waals surface area contributed by atoms with Crippen molar-refractivity contribution in [3.63, 3.8) is 0 Å². The Kier molecular flexibility index (Phi) is 5.81. The second kappa shape index (κ2) is 8.84. The first-order valence-corrected chi connectivity index (χ1v) is 9.90. The van der Waals surface area contributed by atoms with Crippen molar-refractivity contribution in [2.24, 2.45) is 0 Å². The van der Waals surface area contributed by atoms with Crippen molar-refractivity contribution in [2.45, 2.75) is 10.9 Å². The SMILES string of the molecule is Fc1ccc(Oc2cc(-c3ccccc3)nc(SCc3ccccc3)n2)c(F)c1. The Labute approximate surface area is 171 Å². The van der Waals surface area contributed by atoms with E-state index in [1.165, 1.54) is 17.8 Å². The largest absolute Gasteiger partial charge is 0.436 e.